The number of nitrogens with zero attached hydrogens (tertiary/aromatic N) is 3. The molecule has 0 radical (unpaired) electrons. The van der Waals surface area contributed by atoms with Crippen molar-refractivity contribution in [3.63, 3.8) is 0 Å². The van der Waals surface area contributed by atoms with Crippen LogP contribution in [-0.2, 0) is 16.1 Å². The Hall–Kier alpha value is -4.35. The first-order chi connectivity index (χ1) is 16.7. The van der Waals surface area contributed by atoms with Crippen LogP contribution in [0.15, 0.2) is 35.3 Å². The molecule has 2 aromatic heterocycles. The summed E-state index contributed by atoms with van der Waals surface area (Å²) in [7, 11) is 1.59. The zero-order chi connectivity index (χ0) is 26.4. The van der Waals surface area contributed by atoms with Crippen LogP contribution in [0.1, 0.15) is 55.0 Å². The number of fused-ring (bicyclic) bond motifs is 1. The lowest BCUT2D eigenvalue weighted by atomic mass is 10.2. The van der Waals surface area contributed by atoms with Gasteiger partial charge in [0.1, 0.15) is 5.82 Å². The standard InChI is InChI=1S/C16H16N6O2.C5H8O4.C2H6/c1-9-20-14-13(16(24)21-9)22-12(8-19-14)7-18-11-5-3-10(4-6-11)15(23)17-2;6-4(7)2-1-3-5(8)9;1-2/h3-6,8,18H,7H2,1-2H3,(H,17,23)(H,19,20,21,24);1-3H2,(H,6,7)(H,8,9);1-2H3. The van der Waals surface area contributed by atoms with Gasteiger partial charge in [0.2, 0.25) is 0 Å². The number of amides is 1. The predicted molar refractivity (Wildman–Crippen MR) is 130 cm³/mol. The van der Waals surface area contributed by atoms with Gasteiger partial charge in [0.15, 0.2) is 11.2 Å². The van der Waals surface area contributed by atoms with Crippen LogP contribution < -0.4 is 16.2 Å². The Morgan fingerprint density at radius 1 is 1.00 bits per heavy atom. The Balaban J connectivity index is 0.000000473. The van der Waals surface area contributed by atoms with Crippen molar-refractivity contribution in [1.82, 2.24) is 25.3 Å². The molecule has 3 aromatic rings. The Bertz CT molecular complexity index is 1180. The molecule has 12 heteroatoms. The van der Waals surface area contributed by atoms with Crippen LogP contribution in [0.25, 0.3) is 11.2 Å². The summed E-state index contributed by atoms with van der Waals surface area (Å²) in [5, 5.41) is 21.8. The van der Waals surface area contributed by atoms with E-state index in [2.05, 4.69) is 30.6 Å². The number of hydrogen-bond donors (Lipinski definition) is 5. The Kier molecular flexibility index (Phi) is 12.1. The molecule has 0 spiro atoms. The number of H-pyrrole nitrogens is 1. The minimum absolute atomic E-state index is 0.0632. The van der Waals surface area contributed by atoms with Crippen LogP contribution in [0.5, 0.6) is 0 Å². The van der Waals surface area contributed by atoms with Gasteiger partial charge in [-0.2, -0.15) is 0 Å². The van der Waals surface area contributed by atoms with Crippen molar-refractivity contribution in [2.45, 2.75) is 46.6 Å². The summed E-state index contributed by atoms with van der Waals surface area (Å²) in [4.78, 5) is 58.2. The van der Waals surface area contributed by atoms with E-state index in [4.69, 9.17) is 10.2 Å². The van der Waals surface area contributed by atoms with Gasteiger partial charge in [-0.1, -0.05) is 13.8 Å². The second kappa shape index (κ2) is 14.7. The zero-order valence-electron chi connectivity index (χ0n) is 20.1. The van der Waals surface area contributed by atoms with Crippen LogP contribution in [0.2, 0.25) is 0 Å². The lowest BCUT2D eigenvalue weighted by Gasteiger charge is -2.07. The minimum Gasteiger partial charge on any atom is -0.481 e. The molecule has 0 atom stereocenters. The highest BCUT2D eigenvalue weighted by Crippen LogP contribution is 2.11. The molecule has 3 rings (SSSR count). The molecule has 0 saturated carbocycles. The molecule has 2 heterocycles. The number of rotatable bonds is 8. The van der Waals surface area contributed by atoms with E-state index in [1.165, 1.54) is 0 Å². The zero-order valence-corrected chi connectivity index (χ0v) is 20.1. The largest absolute Gasteiger partial charge is 0.481 e. The maximum Gasteiger partial charge on any atom is 0.303 e. The molecule has 0 fully saturated rings. The second-order valence-electron chi connectivity index (χ2n) is 6.84. The molecule has 12 nitrogen and oxygen atoms in total. The van der Waals surface area contributed by atoms with Gasteiger partial charge in [0, 0.05) is 31.1 Å². The van der Waals surface area contributed by atoms with Crippen molar-refractivity contribution in [3.05, 3.63) is 57.9 Å². The van der Waals surface area contributed by atoms with Crippen molar-refractivity contribution in [2.75, 3.05) is 12.4 Å². The summed E-state index contributed by atoms with van der Waals surface area (Å²) in [5.41, 5.74) is 2.28. The Labute approximate surface area is 201 Å². The number of carboxylic acids is 2. The summed E-state index contributed by atoms with van der Waals surface area (Å²) in [6, 6.07) is 7.06. The number of anilines is 1. The smallest absolute Gasteiger partial charge is 0.303 e. The van der Waals surface area contributed by atoms with Gasteiger partial charge in [0.25, 0.3) is 11.5 Å². The normalized spacial score (nSPS) is 9.71. The lowest BCUT2D eigenvalue weighted by Crippen LogP contribution is -2.17. The molecule has 0 saturated heterocycles. The van der Waals surface area contributed by atoms with E-state index >= 15 is 0 Å². The number of carbonyl (C=O) groups is 3. The molecular formula is C23H30N6O6. The number of carboxylic acid groups (broad SMARTS) is 2. The van der Waals surface area contributed by atoms with Gasteiger partial charge in [0.05, 0.1) is 18.4 Å². The number of aliphatic carboxylic acids is 2. The highest BCUT2D eigenvalue weighted by atomic mass is 16.4. The summed E-state index contributed by atoms with van der Waals surface area (Å²) < 4.78 is 0. The van der Waals surface area contributed by atoms with Crippen molar-refractivity contribution in [1.29, 1.82) is 0 Å². The van der Waals surface area contributed by atoms with Crippen LogP contribution in [0.4, 0.5) is 5.69 Å². The van der Waals surface area contributed by atoms with Crippen LogP contribution in [-0.4, -0.2) is 55.0 Å². The predicted octanol–water partition coefficient (Wildman–Crippen LogP) is 2.35. The fourth-order valence-electron chi connectivity index (χ4n) is 2.62. The van der Waals surface area contributed by atoms with E-state index in [-0.39, 0.29) is 36.2 Å². The van der Waals surface area contributed by atoms with Crippen molar-refractivity contribution < 1.29 is 24.6 Å². The molecule has 35 heavy (non-hydrogen) atoms. The van der Waals surface area contributed by atoms with Gasteiger partial charge in [-0.15, -0.1) is 0 Å². The molecule has 0 aliphatic carbocycles. The molecule has 1 aromatic carbocycles. The first-order valence-corrected chi connectivity index (χ1v) is 10.9. The van der Waals surface area contributed by atoms with Crippen molar-refractivity contribution in [2.24, 2.45) is 0 Å². The van der Waals surface area contributed by atoms with Crippen molar-refractivity contribution >= 4 is 34.7 Å². The number of carbonyl (C=O) groups excluding carboxylic acids is 1. The first-order valence-electron chi connectivity index (χ1n) is 10.9. The average Bonchev–Trinajstić information content (AvgIpc) is 2.84. The minimum atomic E-state index is -0.948. The third-order valence-electron chi connectivity index (χ3n) is 4.22. The number of aromatic nitrogens is 4. The number of benzene rings is 1. The second-order valence-corrected chi connectivity index (χ2v) is 6.84. The Morgan fingerprint density at radius 3 is 2.14 bits per heavy atom. The number of aryl methyl sites for hydroxylation is 1. The molecule has 5 N–H and O–H groups in total. The van der Waals surface area contributed by atoms with Gasteiger partial charge < -0.3 is 25.8 Å². The van der Waals surface area contributed by atoms with Gasteiger partial charge in [-0.25, -0.2) is 15.0 Å². The molecular weight excluding hydrogens is 456 g/mol. The van der Waals surface area contributed by atoms with Gasteiger partial charge in [-0.05, 0) is 37.6 Å². The molecule has 0 aliphatic rings. The van der Waals surface area contributed by atoms with E-state index in [1.807, 2.05) is 13.8 Å². The van der Waals surface area contributed by atoms with Gasteiger partial charge >= 0.3 is 11.9 Å². The third-order valence-corrected chi connectivity index (χ3v) is 4.22. The Morgan fingerprint density at radius 2 is 1.60 bits per heavy atom. The molecule has 0 unspecified atom stereocenters. The third kappa shape index (κ3) is 9.98. The fourth-order valence-corrected chi connectivity index (χ4v) is 2.62. The summed E-state index contributed by atoms with van der Waals surface area (Å²) >= 11 is 0. The van der Waals surface area contributed by atoms with E-state index in [0.29, 0.717) is 29.3 Å². The van der Waals surface area contributed by atoms with Gasteiger partial charge in [-0.3, -0.25) is 19.2 Å². The molecule has 0 aliphatic heterocycles. The topological polar surface area (TPSA) is 187 Å². The summed E-state index contributed by atoms with van der Waals surface area (Å²) in [6.45, 7) is 6.09. The van der Waals surface area contributed by atoms with Crippen LogP contribution in [0, 0.1) is 6.92 Å². The van der Waals surface area contributed by atoms with Crippen molar-refractivity contribution in [3.8, 4) is 0 Å². The average molecular weight is 487 g/mol. The fraction of sp³-hybridized carbons (Fsp3) is 0.348. The quantitative estimate of drug-likeness (QED) is 0.316. The number of nitrogens with one attached hydrogen (secondary N) is 3. The van der Waals surface area contributed by atoms with Crippen LogP contribution in [0.3, 0.4) is 0 Å². The molecule has 188 valence electrons. The molecule has 0 bridgehead atoms. The molecule has 1 amide bonds. The number of hydrogen-bond acceptors (Lipinski definition) is 8. The maximum atomic E-state index is 11.9. The monoisotopic (exact) mass is 486 g/mol. The van der Waals surface area contributed by atoms with Crippen LogP contribution >= 0.6 is 0 Å². The first kappa shape index (κ1) is 28.7. The van der Waals surface area contributed by atoms with E-state index in [0.717, 1.165) is 5.69 Å². The number of aromatic amines is 1. The van der Waals surface area contributed by atoms with E-state index in [9.17, 15) is 19.2 Å². The highest BCUT2D eigenvalue weighted by Gasteiger charge is 2.07. The maximum absolute atomic E-state index is 11.9. The van der Waals surface area contributed by atoms with E-state index < -0.39 is 11.9 Å². The highest BCUT2D eigenvalue weighted by molar-refractivity contribution is 5.94. The van der Waals surface area contributed by atoms with E-state index in [1.54, 1.807) is 44.4 Å². The summed E-state index contributed by atoms with van der Waals surface area (Å²) in [6.07, 6.45) is 1.67. The SMILES string of the molecule is CC.CNC(=O)c1ccc(NCc2cnc3nc(C)[nH]c(=O)c3n2)cc1.O=C(O)CCCC(=O)O. The summed E-state index contributed by atoms with van der Waals surface area (Å²) in [5.74, 6) is -1.53. The lowest BCUT2D eigenvalue weighted by molar-refractivity contribution is -0.138.